The number of methoxy groups -OCH3 is 1. The van der Waals surface area contributed by atoms with Crippen molar-refractivity contribution in [2.24, 2.45) is 0 Å². The van der Waals surface area contributed by atoms with Gasteiger partial charge in [0.1, 0.15) is 5.75 Å². The van der Waals surface area contributed by atoms with Crippen LogP contribution < -0.4 is 15.6 Å². The summed E-state index contributed by atoms with van der Waals surface area (Å²) in [5.41, 5.74) is 6.70. The minimum absolute atomic E-state index is 0.0721. The first kappa shape index (κ1) is 16.0. The smallest absolute Gasteiger partial charge is 0.269 e. The number of amides is 1. The van der Waals surface area contributed by atoms with Crippen molar-refractivity contribution in [3.05, 3.63) is 76.4 Å². The molecule has 0 aromatic heterocycles. The number of hydrazine groups is 1. The lowest BCUT2D eigenvalue weighted by molar-refractivity contribution is -0.384. The third kappa shape index (κ3) is 4.07. The van der Waals surface area contributed by atoms with E-state index in [9.17, 15) is 14.9 Å². The highest BCUT2D eigenvalue weighted by atomic mass is 16.6. The van der Waals surface area contributed by atoms with E-state index in [2.05, 4.69) is 17.4 Å². The fourth-order valence-electron chi connectivity index (χ4n) is 1.80. The Morgan fingerprint density at radius 3 is 2.13 bits per heavy atom. The number of rotatable bonds is 6. The third-order valence-electron chi connectivity index (χ3n) is 3.11. The van der Waals surface area contributed by atoms with Gasteiger partial charge in [0.25, 0.3) is 11.6 Å². The molecule has 2 rings (SSSR count). The molecule has 118 valence electrons. The van der Waals surface area contributed by atoms with Crippen LogP contribution in [0.25, 0.3) is 5.70 Å². The van der Waals surface area contributed by atoms with E-state index >= 15 is 0 Å². The van der Waals surface area contributed by atoms with E-state index in [1.165, 1.54) is 24.3 Å². The molecule has 0 heterocycles. The lowest BCUT2D eigenvalue weighted by Crippen LogP contribution is -2.35. The fraction of sp³-hybridized carbons (Fsp3) is 0.0625. The Labute approximate surface area is 132 Å². The molecule has 2 N–H and O–H groups in total. The minimum Gasteiger partial charge on any atom is -0.497 e. The molecule has 0 saturated carbocycles. The van der Waals surface area contributed by atoms with Crippen molar-refractivity contribution >= 4 is 17.3 Å². The monoisotopic (exact) mass is 313 g/mol. The molecule has 0 unspecified atom stereocenters. The van der Waals surface area contributed by atoms with Gasteiger partial charge in [-0.25, -0.2) is 0 Å². The molecule has 2 aromatic carbocycles. The molecule has 0 fully saturated rings. The van der Waals surface area contributed by atoms with Crippen LogP contribution in [0.1, 0.15) is 15.9 Å². The summed E-state index contributed by atoms with van der Waals surface area (Å²) in [5.74, 6) is 0.297. The molecule has 0 aliphatic rings. The van der Waals surface area contributed by atoms with Gasteiger partial charge in [-0.3, -0.25) is 25.8 Å². The summed E-state index contributed by atoms with van der Waals surface area (Å²) in [6, 6.07) is 12.5. The van der Waals surface area contributed by atoms with Crippen LogP contribution in [-0.4, -0.2) is 17.9 Å². The quantitative estimate of drug-likeness (QED) is 0.631. The molecule has 7 heteroatoms. The van der Waals surface area contributed by atoms with Crippen LogP contribution in [-0.2, 0) is 0 Å². The molecule has 7 nitrogen and oxygen atoms in total. The molecule has 23 heavy (non-hydrogen) atoms. The van der Waals surface area contributed by atoms with Gasteiger partial charge in [-0.1, -0.05) is 6.58 Å². The summed E-state index contributed by atoms with van der Waals surface area (Å²) in [7, 11) is 1.58. The van der Waals surface area contributed by atoms with Crippen LogP contribution >= 0.6 is 0 Å². The maximum atomic E-state index is 12.0. The number of ether oxygens (including phenoxy) is 1. The van der Waals surface area contributed by atoms with E-state index in [1.54, 1.807) is 31.4 Å². The Morgan fingerprint density at radius 2 is 1.61 bits per heavy atom. The Hall–Kier alpha value is -3.35. The normalized spacial score (nSPS) is 9.78. The van der Waals surface area contributed by atoms with Gasteiger partial charge in [0.15, 0.2) is 0 Å². The van der Waals surface area contributed by atoms with Crippen LogP contribution in [0.2, 0.25) is 0 Å². The molecule has 0 radical (unpaired) electrons. The van der Waals surface area contributed by atoms with Crippen LogP contribution in [0.15, 0.2) is 55.1 Å². The number of hydrogen-bond donors (Lipinski definition) is 2. The van der Waals surface area contributed by atoms with Gasteiger partial charge in [0.05, 0.1) is 17.7 Å². The van der Waals surface area contributed by atoms with E-state index in [1.807, 2.05) is 0 Å². The first-order valence-electron chi connectivity index (χ1n) is 6.65. The predicted octanol–water partition coefficient (Wildman–Crippen LogP) is 2.51. The summed E-state index contributed by atoms with van der Waals surface area (Å²) < 4.78 is 5.06. The second-order valence-electron chi connectivity index (χ2n) is 4.59. The fourth-order valence-corrected chi connectivity index (χ4v) is 1.80. The number of nitro groups is 1. The minimum atomic E-state index is -0.522. The summed E-state index contributed by atoms with van der Waals surface area (Å²) in [5, 5.41) is 10.6. The number of nitrogens with one attached hydrogen (secondary N) is 2. The molecule has 0 aliphatic carbocycles. The number of carbonyl (C=O) groups excluding carboxylic acids is 1. The summed E-state index contributed by atoms with van der Waals surface area (Å²) in [4.78, 5) is 22.0. The SMILES string of the molecule is C=C(NNC(=O)c1ccc([N+](=O)[O-])cc1)c1ccc(OC)cc1. The molecule has 0 bridgehead atoms. The van der Waals surface area contributed by atoms with Gasteiger partial charge in [-0.05, 0) is 42.0 Å². The lowest BCUT2D eigenvalue weighted by atomic mass is 10.2. The van der Waals surface area contributed by atoms with Gasteiger partial charge < -0.3 is 4.74 Å². The Morgan fingerprint density at radius 1 is 1.04 bits per heavy atom. The summed E-state index contributed by atoms with van der Waals surface area (Å²) in [6.45, 7) is 3.83. The number of nitrogens with zero attached hydrogens (tertiary/aromatic N) is 1. The van der Waals surface area contributed by atoms with Crippen molar-refractivity contribution in [2.75, 3.05) is 7.11 Å². The van der Waals surface area contributed by atoms with E-state index in [-0.39, 0.29) is 5.69 Å². The van der Waals surface area contributed by atoms with Gasteiger partial charge in [-0.2, -0.15) is 0 Å². The number of non-ortho nitro benzene ring substituents is 1. The van der Waals surface area contributed by atoms with E-state index in [4.69, 9.17) is 4.74 Å². The molecule has 0 aliphatic heterocycles. The van der Waals surface area contributed by atoms with E-state index in [0.717, 1.165) is 11.3 Å². The summed E-state index contributed by atoms with van der Waals surface area (Å²) in [6.07, 6.45) is 0. The van der Waals surface area contributed by atoms with Crippen molar-refractivity contribution in [3.8, 4) is 5.75 Å². The van der Waals surface area contributed by atoms with Gasteiger partial charge in [0, 0.05) is 17.7 Å². The van der Waals surface area contributed by atoms with Crippen molar-refractivity contribution in [2.45, 2.75) is 0 Å². The highest BCUT2D eigenvalue weighted by Crippen LogP contribution is 2.15. The maximum absolute atomic E-state index is 12.0. The van der Waals surface area contributed by atoms with Crippen LogP contribution in [0.3, 0.4) is 0 Å². The van der Waals surface area contributed by atoms with Crippen molar-refractivity contribution in [1.82, 2.24) is 10.9 Å². The number of hydrogen-bond acceptors (Lipinski definition) is 5. The van der Waals surface area contributed by atoms with Crippen LogP contribution in [0.4, 0.5) is 5.69 Å². The number of benzene rings is 2. The first-order valence-corrected chi connectivity index (χ1v) is 6.65. The molecular formula is C16H15N3O4. The third-order valence-corrected chi connectivity index (χ3v) is 3.11. The Kier molecular flexibility index (Phi) is 4.93. The standard InChI is InChI=1S/C16H15N3O4/c1-11(12-5-9-15(23-2)10-6-12)17-18-16(20)13-3-7-14(8-4-13)19(21)22/h3-10,17H,1H2,2H3,(H,18,20). The van der Waals surface area contributed by atoms with Gasteiger partial charge >= 0.3 is 0 Å². The molecule has 0 spiro atoms. The molecule has 2 aromatic rings. The second-order valence-corrected chi connectivity index (χ2v) is 4.59. The van der Waals surface area contributed by atoms with E-state index < -0.39 is 10.8 Å². The predicted molar refractivity (Wildman–Crippen MR) is 85.7 cm³/mol. The van der Waals surface area contributed by atoms with Crippen molar-refractivity contribution < 1.29 is 14.5 Å². The molecule has 1 amide bonds. The molecule has 0 atom stereocenters. The van der Waals surface area contributed by atoms with Crippen LogP contribution in [0, 0.1) is 10.1 Å². The van der Waals surface area contributed by atoms with Crippen LogP contribution in [0.5, 0.6) is 5.75 Å². The zero-order valence-corrected chi connectivity index (χ0v) is 12.4. The van der Waals surface area contributed by atoms with E-state index in [0.29, 0.717) is 11.3 Å². The summed E-state index contributed by atoms with van der Waals surface area (Å²) >= 11 is 0. The number of nitro benzene ring substituents is 1. The zero-order chi connectivity index (χ0) is 16.8. The Balaban J connectivity index is 1.94. The lowest BCUT2D eigenvalue weighted by Gasteiger charge is -2.11. The van der Waals surface area contributed by atoms with Gasteiger partial charge in [0.2, 0.25) is 0 Å². The van der Waals surface area contributed by atoms with Crippen molar-refractivity contribution in [1.29, 1.82) is 0 Å². The average molecular weight is 313 g/mol. The highest BCUT2D eigenvalue weighted by molar-refractivity contribution is 5.94. The van der Waals surface area contributed by atoms with Gasteiger partial charge in [-0.15, -0.1) is 0 Å². The first-order chi connectivity index (χ1) is 11.0. The molecule has 0 saturated heterocycles. The second kappa shape index (κ2) is 7.08. The molecular weight excluding hydrogens is 298 g/mol. The topological polar surface area (TPSA) is 93.5 Å². The highest BCUT2D eigenvalue weighted by Gasteiger charge is 2.09. The zero-order valence-electron chi connectivity index (χ0n) is 12.4. The average Bonchev–Trinajstić information content (AvgIpc) is 2.59. The largest absolute Gasteiger partial charge is 0.497 e. The number of carbonyl (C=O) groups is 1. The maximum Gasteiger partial charge on any atom is 0.269 e. The Bertz CT molecular complexity index is 724. The van der Waals surface area contributed by atoms with Crippen molar-refractivity contribution in [3.63, 3.8) is 0 Å².